The minimum atomic E-state index is -0.138. The first-order valence-electron chi connectivity index (χ1n) is 10.3. The van der Waals surface area contributed by atoms with Crippen molar-refractivity contribution in [2.24, 2.45) is 28.7 Å². The first-order chi connectivity index (χ1) is 14.0. The molecular formula is C22H29IN4O3. The topological polar surface area (TPSA) is 86.9 Å². The van der Waals surface area contributed by atoms with Gasteiger partial charge in [-0.2, -0.15) is 0 Å². The van der Waals surface area contributed by atoms with E-state index in [4.69, 9.17) is 4.42 Å². The number of allylic oxidation sites excluding steroid dienone is 2. The van der Waals surface area contributed by atoms with Gasteiger partial charge >= 0.3 is 0 Å². The summed E-state index contributed by atoms with van der Waals surface area (Å²) in [5, 5.41) is 6.50. The molecule has 2 fully saturated rings. The molecule has 0 aromatic carbocycles. The molecule has 4 unspecified atom stereocenters. The molecule has 2 aliphatic carbocycles. The molecule has 162 valence electrons. The molecule has 7 nitrogen and oxygen atoms in total. The Morgan fingerprint density at radius 3 is 2.47 bits per heavy atom. The number of carbonyl (C=O) groups excluding carboxylic acids is 2. The van der Waals surface area contributed by atoms with E-state index in [1.165, 1.54) is 4.90 Å². The van der Waals surface area contributed by atoms with Gasteiger partial charge in [0.1, 0.15) is 5.76 Å². The molecule has 2 N–H and O–H groups in total. The number of nitrogens with zero attached hydrogens (tertiary/aromatic N) is 2. The SMILES string of the molecule is C=C(C)CN=C(NCCc1ccco1)NCCN1C(=O)C2C3C=CC(C3)C2C1=O.I. The minimum absolute atomic E-state index is 0. The van der Waals surface area contributed by atoms with Gasteiger partial charge in [-0.1, -0.05) is 24.3 Å². The van der Waals surface area contributed by atoms with Crippen LogP contribution in [0.5, 0.6) is 0 Å². The fraction of sp³-hybridized carbons (Fsp3) is 0.500. The monoisotopic (exact) mass is 524 g/mol. The highest BCUT2D eigenvalue weighted by Gasteiger charge is 2.58. The van der Waals surface area contributed by atoms with Crippen LogP contribution in [-0.4, -0.2) is 48.9 Å². The summed E-state index contributed by atoms with van der Waals surface area (Å²) < 4.78 is 5.34. The second-order valence-electron chi connectivity index (χ2n) is 8.13. The molecule has 1 aromatic rings. The lowest BCUT2D eigenvalue weighted by Gasteiger charge is -2.19. The molecule has 2 amide bonds. The fourth-order valence-electron chi connectivity index (χ4n) is 4.62. The van der Waals surface area contributed by atoms with E-state index in [0.717, 1.165) is 24.2 Å². The third-order valence-corrected chi connectivity index (χ3v) is 5.94. The summed E-state index contributed by atoms with van der Waals surface area (Å²) in [6.07, 6.45) is 7.58. The van der Waals surface area contributed by atoms with E-state index in [2.05, 4.69) is 34.4 Å². The highest BCUT2D eigenvalue weighted by Crippen LogP contribution is 2.52. The Bertz CT molecular complexity index is 819. The Morgan fingerprint density at radius 1 is 1.20 bits per heavy atom. The van der Waals surface area contributed by atoms with Crippen LogP contribution in [0.1, 0.15) is 19.1 Å². The number of imide groups is 1. The van der Waals surface area contributed by atoms with Crippen LogP contribution >= 0.6 is 24.0 Å². The summed E-state index contributed by atoms with van der Waals surface area (Å²) in [5.74, 6) is 1.74. The summed E-state index contributed by atoms with van der Waals surface area (Å²) in [6, 6.07) is 3.80. The maximum Gasteiger partial charge on any atom is 0.233 e. The number of guanidine groups is 1. The Hall–Kier alpha value is -2.10. The number of furan rings is 1. The van der Waals surface area contributed by atoms with Crippen LogP contribution in [0.15, 0.2) is 52.1 Å². The van der Waals surface area contributed by atoms with Crippen molar-refractivity contribution in [2.45, 2.75) is 19.8 Å². The summed E-state index contributed by atoms with van der Waals surface area (Å²) in [4.78, 5) is 31.5. The van der Waals surface area contributed by atoms with Crippen molar-refractivity contribution in [3.05, 3.63) is 48.5 Å². The third kappa shape index (κ3) is 4.63. The van der Waals surface area contributed by atoms with Gasteiger partial charge in [0.15, 0.2) is 5.96 Å². The largest absolute Gasteiger partial charge is 0.469 e. The highest BCUT2D eigenvalue weighted by molar-refractivity contribution is 14.0. The van der Waals surface area contributed by atoms with E-state index in [1.807, 2.05) is 19.1 Å². The first kappa shape index (κ1) is 22.6. The number of rotatable bonds is 8. The van der Waals surface area contributed by atoms with Crippen LogP contribution in [0.4, 0.5) is 0 Å². The van der Waals surface area contributed by atoms with Crippen molar-refractivity contribution in [2.75, 3.05) is 26.2 Å². The zero-order valence-electron chi connectivity index (χ0n) is 17.2. The molecule has 1 aromatic heterocycles. The summed E-state index contributed by atoms with van der Waals surface area (Å²) in [7, 11) is 0. The van der Waals surface area contributed by atoms with Gasteiger partial charge in [0.2, 0.25) is 11.8 Å². The molecule has 8 heteroatoms. The minimum Gasteiger partial charge on any atom is -0.469 e. The molecule has 4 rings (SSSR count). The lowest BCUT2D eigenvalue weighted by Crippen LogP contribution is -2.44. The zero-order valence-corrected chi connectivity index (χ0v) is 19.5. The van der Waals surface area contributed by atoms with Crippen molar-refractivity contribution in [3.63, 3.8) is 0 Å². The predicted molar refractivity (Wildman–Crippen MR) is 125 cm³/mol. The van der Waals surface area contributed by atoms with E-state index >= 15 is 0 Å². The average molecular weight is 524 g/mol. The van der Waals surface area contributed by atoms with Gasteiger partial charge in [0.25, 0.3) is 0 Å². The quantitative estimate of drug-likeness (QED) is 0.179. The number of amides is 2. The van der Waals surface area contributed by atoms with E-state index in [9.17, 15) is 9.59 Å². The summed E-state index contributed by atoms with van der Waals surface area (Å²) >= 11 is 0. The number of nitrogens with one attached hydrogen (secondary N) is 2. The van der Waals surface area contributed by atoms with Crippen LogP contribution in [-0.2, 0) is 16.0 Å². The molecule has 1 saturated heterocycles. The van der Waals surface area contributed by atoms with Crippen LogP contribution in [0, 0.1) is 23.7 Å². The molecule has 2 bridgehead atoms. The lowest BCUT2D eigenvalue weighted by molar-refractivity contribution is -0.140. The van der Waals surface area contributed by atoms with Gasteiger partial charge in [-0.15, -0.1) is 24.0 Å². The van der Waals surface area contributed by atoms with Gasteiger partial charge in [0, 0.05) is 26.1 Å². The van der Waals surface area contributed by atoms with E-state index in [0.29, 0.717) is 32.1 Å². The second kappa shape index (κ2) is 9.80. The molecule has 4 atom stereocenters. The number of hydrogen-bond acceptors (Lipinski definition) is 4. The van der Waals surface area contributed by atoms with Gasteiger partial charge in [-0.3, -0.25) is 14.5 Å². The molecule has 0 radical (unpaired) electrons. The fourth-order valence-corrected chi connectivity index (χ4v) is 4.62. The molecule has 1 saturated carbocycles. The number of likely N-dealkylation sites (tertiary alicyclic amines) is 1. The number of aliphatic imine (C=N–C) groups is 1. The summed E-state index contributed by atoms with van der Waals surface area (Å²) in [6.45, 7) is 7.80. The Labute approximate surface area is 194 Å². The predicted octanol–water partition coefficient (Wildman–Crippen LogP) is 2.36. The maximum absolute atomic E-state index is 12.8. The molecule has 1 aliphatic heterocycles. The number of carbonyl (C=O) groups is 2. The molecule has 30 heavy (non-hydrogen) atoms. The van der Waals surface area contributed by atoms with Crippen LogP contribution in [0.25, 0.3) is 0 Å². The van der Waals surface area contributed by atoms with Crippen molar-refractivity contribution < 1.29 is 14.0 Å². The van der Waals surface area contributed by atoms with E-state index in [-0.39, 0.29) is 59.5 Å². The highest BCUT2D eigenvalue weighted by atomic mass is 127. The number of halogens is 1. The Morgan fingerprint density at radius 2 is 1.87 bits per heavy atom. The van der Waals surface area contributed by atoms with Crippen molar-refractivity contribution in [3.8, 4) is 0 Å². The van der Waals surface area contributed by atoms with Crippen molar-refractivity contribution >= 4 is 41.8 Å². The third-order valence-electron chi connectivity index (χ3n) is 5.94. The van der Waals surface area contributed by atoms with E-state index < -0.39 is 0 Å². The standard InChI is InChI=1S/C22H28N4O3.HI/c1-14(2)13-25-22(23-8-7-17-4-3-11-29-17)24-9-10-26-20(27)18-15-5-6-16(12-15)19(18)21(26)28;/h3-6,11,15-16,18-19H,1,7-10,12-13H2,2H3,(H2,23,24,25);1H. The van der Waals surface area contributed by atoms with Crippen LogP contribution in [0.3, 0.4) is 0 Å². The van der Waals surface area contributed by atoms with E-state index in [1.54, 1.807) is 6.26 Å². The maximum atomic E-state index is 12.8. The summed E-state index contributed by atoms with van der Waals surface area (Å²) in [5.41, 5.74) is 0.956. The van der Waals surface area contributed by atoms with Crippen LogP contribution < -0.4 is 10.6 Å². The number of hydrogen-bond donors (Lipinski definition) is 2. The molecule has 0 spiro atoms. The number of fused-ring (bicyclic) bond motifs is 5. The Balaban J connectivity index is 0.00000256. The van der Waals surface area contributed by atoms with Gasteiger partial charge in [-0.25, -0.2) is 4.99 Å². The molecular weight excluding hydrogens is 495 g/mol. The lowest BCUT2D eigenvalue weighted by atomic mass is 9.85. The zero-order chi connectivity index (χ0) is 20.4. The second-order valence-corrected chi connectivity index (χ2v) is 8.13. The van der Waals surface area contributed by atoms with Crippen molar-refractivity contribution in [1.29, 1.82) is 0 Å². The van der Waals surface area contributed by atoms with Gasteiger partial charge < -0.3 is 15.1 Å². The van der Waals surface area contributed by atoms with Gasteiger partial charge in [-0.05, 0) is 37.3 Å². The first-order valence-corrected chi connectivity index (χ1v) is 10.3. The van der Waals surface area contributed by atoms with Gasteiger partial charge in [0.05, 0.1) is 24.6 Å². The Kier molecular flexibility index (Phi) is 7.38. The average Bonchev–Trinajstić information content (AvgIpc) is 3.47. The molecule has 3 aliphatic rings. The smallest absolute Gasteiger partial charge is 0.233 e. The van der Waals surface area contributed by atoms with Crippen LogP contribution in [0.2, 0.25) is 0 Å². The molecule has 2 heterocycles. The normalized spacial score (nSPS) is 26.7. The van der Waals surface area contributed by atoms with Crippen molar-refractivity contribution in [1.82, 2.24) is 15.5 Å².